The Labute approximate surface area is 145 Å². The van der Waals surface area contributed by atoms with Crippen molar-refractivity contribution in [2.24, 2.45) is 0 Å². The predicted octanol–water partition coefficient (Wildman–Crippen LogP) is -1.21. The van der Waals surface area contributed by atoms with Crippen LogP contribution in [-0.2, 0) is 23.8 Å². The minimum absolute atomic E-state index is 0.0752. The Hall–Kier alpha value is -1.94. The number of ketones is 1. The number of hydrogen-bond acceptors (Lipinski definition) is 9. The molecule has 3 atom stereocenters. The molecular formula is C16H24O9. The zero-order valence-electron chi connectivity index (χ0n) is 14.0. The van der Waals surface area contributed by atoms with Crippen molar-refractivity contribution >= 4 is 11.8 Å². The first-order chi connectivity index (χ1) is 11.9. The molecule has 142 valence electrons. The van der Waals surface area contributed by atoms with Gasteiger partial charge >= 0.3 is 5.97 Å². The van der Waals surface area contributed by atoms with Crippen LogP contribution < -0.4 is 0 Å². The van der Waals surface area contributed by atoms with Gasteiger partial charge in [0.15, 0.2) is 0 Å². The highest BCUT2D eigenvalue weighted by atomic mass is 16.6. The molecule has 0 bridgehead atoms. The topological polar surface area (TPSA) is 143 Å². The highest BCUT2D eigenvalue weighted by molar-refractivity contribution is 6.03. The highest BCUT2D eigenvalue weighted by Gasteiger charge is 2.62. The van der Waals surface area contributed by atoms with E-state index in [1.165, 1.54) is 6.08 Å². The first-order valence-electron chi connectivity index (χ1n) is 7.87. The van der Waals surface area contributed by atoms with Crippen LogP contribution in [0.4, 0.5) is 0 Å². The Morgan fingerprint density at radius 3 is 2.52 bits per heavy atom. The van der Waals surface area contributed by atoms with Crippen LogP contribution >= 0.6 is 0 Å². The summed E-state index contributed by atoms with van der Waals surface area (Å²) in [5.41, 5.74) is -2.50. The fraction of sp³-hybridized carbons (Fsp3) is 0.625. The van der Waals surface area contributed by atoms with Crippen molar-refractivity contribution in [2.45, 2.75) is 37.6 Å². The molecule has 0 aromatic heterocycles. The number of cyclic esters (lactones) is 1. The van der Waals surface area contributed by atoms with Crippen molar-refractivity contribution in [1.82, 2.24) is 0 Å². The number of unbranched alkanes of at least 4 members (excludes halogenated alkanes) is 1. The first kappa shape index (κ1) is 21.1. The van der Waals surface area contributed by atoms with Crippen molar-refractivity contribution in [3.05, 3.63) is 24.2 Å². The molecule has 0 aromatic carbocycles. The van der Waals surface area contributed by atoms with Gasteiger partial charge < -0.3 is 34.6 Å². The van der Waals surface area contributed by atoms with Gasteiger partial charge in [0.2, 0.25) is 17.3 Å². The summed E-state index contributed by atoms with van der Waals surface area (Å²) in [5.74, 6) is -3.22. The van der Waals surface area contributed by atoms with Gasteiger partial charge in [-0.1, -0.05) is 26.0 Å². The molecule has 0 saturated heterocycles. The summed E-state index contributed by atoms with van der Waals surface area (Å²) in [7, 11) is 0. The number of esters is 1. The fourth-order valence-corrected chi connectivity index (χ4v) is 2.26. The summed E-state index contributed by atoms with van der Waals surface area (Å²) in [4.78, 5) is 24.7. The average Bonchev–Trinajstić information content (AvgIpc) is 2.90. The van der Waals surface area contributed by atoms with E-state index in [1.54, 1.807) is 0 Å². The van der Waals surface area contributed by atoms with Crippen LogP contribution in [-0.4, -0.2) is 76.4 Å². The van der Waals surface area contributed by atoms with Crippen LogP contribution in [0, 0.1) is 0 Å². The maximum atomic E-state index is 12.6. The van der Waals surface area contributed by atoms with Crippen LogP contribution in [0.15, 0.2) is 24.2 Å². The molecule has 1 rings (SSSR count). The van der Waals surface area contributed by atoms with Gasteiger partial charge in [-0.2, -0.15) is 0 Å². The minimum atomic E-state index is -2.50. The molecule has 0 saturated carbocycles. The van der Waals surface area contributed by atoms with Gasteiger partial charge in [0.1, 0.15) is 18.8 Å². The number of ether oxygens (including phenoxy) is 3. The molecule has 0 amide bonds. The van der Waals surface area contributed by atoms with E-state index in [0.29, 0.717) is 6.42 Å². The van der Waals surface area contributed by atoms with E-state index < -0.39 is 54.3 Å². The Kier molecular flexibility index (Phi) is 8.04. The van der Waals surface area contributed by atoms with Crippen LogP contribution in [0.25, 0.3) is 0 Å². The third-order valence-corrected chi connectivity index (χ3v) is 3.56. The van der Waals surface area contributed by atoms with Gasteiger partial charge in [-0.15, -0.1) is 0 Å². The molecular weight excluding hydrogens is 336 g/mol. The number of rotatable bonds is 12. The molecule has 0 aliphatic carbocycles. The van der Waals surface area contributed by atoms with Gasteiger partial charge in [-0.05, 0) is 6.42 Å². The minimum Gasteiger partial charge on any atom is -0.489 e. The van der Waals surface area contributed by atoms with Gasteiger partial charge in [-0.25, -0.2) is 4.79 Å². The fourth-order valence-electron chi connectivity index (χ4n) is 2.26. The summed E-state index contributed by atoms with van der Waals surface area (Å²) in [6.45, 7) is 3.36. The molecule has 1 unspecified atom stereocenters. The number of Topliss-reactive ketones (excluding diaryl/α,β-unsaturated/α-hetero) is 1. The maximum absolute atomic E-state index is 12.6. The van der Waals surface area contributed by atoms with Crippen molar-refractivity contribution < 1.29 is 44.2 Å². The number of carbonyl (C=O) groups is 2. The zero-order chi connectivity index (χ0) is 19.0. The second-order valence-electron chi connectivity index (χ2n) is 5.35. The number of aliphatic hydroxyl groups is 4. The zero-order valence-corrected chi connectivity index (χ0v) is 14.0. The third kappa shape index (κ3) is 4.18. The maximum Gasteiger partial charge on any atom is 0.379 e. The number of carbonyl (C=O) groups excluding carboxylic acids is 2. The molecule has 0 fully saturated rings. The monoisotopic (exact) mass is 360 g/mol. The lowest BCUT2D eigenvalue weighted by atomic mass is 9.87. The van der Waals surface area contributed by atoms with E-state index in [9.17, 15) is 24.9 Å². The molecule has 0 radical (unpaired) electrons. The number of aliphatic hydroxyl groups excluding tert-OH is 4. The average molecular weight is 360 g/mol. The predicted molar refractivity (Wildman–Crippen MR) is 84.1 cm³/mol. The third-order valence-electron chi connectivity index (χ3n) is 3.56. The normalized spacial score (nSPS) is 22.4. The second kappa shape index (κ2) is 9.52. The van der Waals surface area contributed by atoms with E-state index in [1.807, 2.05) is 6.92 Å². The van der Waals surface area contributed by atoms with Crippen LogP contribution in [0.5, 0.6) is 0 Å². The molecule has 0 aromatic rings. The summed E-state index contributed by atoms with van der Waals surface area (Å²) < 4.78 is 15.7. The number of hydrogen-bond donors (Lipinski definition) is 4. The van der Waals surface area contributed by atoms with E-state index >= 15 is 0 Å². The molecule has 1 aliphatic rings. The van der Waals surface area contributed by atoms with E-state index in [0.717, 1.165) is 6.42 Å². The molecule has 0 spiro atoms. The summed E-state index contributed by atoms with van der Waals surface area (Å²) in [5, 5.41) is 38.3. The van der Waals surface area contributed by atoms with Crippen LogP contribution in [0.2, 0.25) is 0 Å². The van der Waals surface area contributed by atoms with Crippen LogP contribution in [0.3, 0.4) is 0 Å². The Balaban J connectivity index is 3.43. The molecule has 9 nitrogen and oxygen atoms in total. The Bertz CT molecular complexity index is 528. The molecule has 4 N–H and O–H groups in total. The Morgan fingerprint density at radius 1 is 1.32 bits per heavy atom. The summed E-state index contributed by atoms with van der Waals surface area (Å²) in [6, 6.07) is 0. The summed E-state index contributed by atoms with van der Waals surface area (Å²) >= 11 is 0. The lowest BCUT2D eigenvalue weighted by molar-refractivity contribution is -0.179. The quantitative estimate of drug-likeness (QED) is 0.191. The summed E-state index contributed by atoms with van der Waals surface area (Å²) in [6.07, 6.45) is -1.23. The molecule has 1 heterocycles. The second-order valence-corrected chi connectivity index (χ2v) is 5.35. The van der Waals surface area contributed by atoms with Crippen molar-refractivity contribution in [3.63, 3.8) is 0 Å². The van der Waals surface area contributed by atoms with Crippen molar-refractivity contribution in [1.29, 1.82) is 0 Å². The van der Waals surface area contributed by atoms with Gasteiger partial charge in [-0.3, -0.25) is 4.79 Å². The van der Waals surface area contributed by atoms with Gasteiger partial charge in [0.05, 0.1) is 19.8 Å². The largest absolute Gasteiger partial charge is 0.489 e. The lowest BCUT2D eigenvalue weighted by Gasteiger charge is -2.33. The van der Waals surface area contributed by atoms with Gasteiger partial charge in [0.25, 0.3) is 5.60 Å². The standard InChI is InChI=1S/C16H24O9/c1-3-5-7-24-14-12(23-6-4-2)15(22)25-16(14,11(20)9-18)13(21)10(19)8-17/h4,10-11,17-20H,2-3,5-9H2,1H3/t10?,11-,16-/m0/s1. The molecule has 1 aliphatic heterocycles. The molecule has 25 heavy (non-hydrogen) atoms. The lowest BCUT2D eigenvalue weighted by Crippen LogP contribution is -2.58. The van der Waals surface area contributed by atoms with Gasteiger partial charge in [0, 0.05) is 0 Å². The SMILES string of the molecule is C=CCOC1=C(OCCCC)[C@@](C(=O)C(O)CO)([C@@H](O)CO)OC1=O. The molecule has 9 heteroatoms. The van der Waals surface area contributed by atoms with Crippen molar-refractivity contribution in [2.75, 3.05) is 26.4 Å². The highest BCUT2D eigenvalue weighted by Crippen LogP contribution is 2.39. The van der Waals surface area contributed by atoms with E-state index in [4.69, 9.17) is 19.3 Å². The van der Waals surface area contributed by atoms with E-state index in [-0.39, 0.29) is 13.2 Å². The smallest absolute Gasteiger partial charge is 0.379 e. The Morgan fingerprint density at radius 2 is 2.00 bits per heavy atom. The van der Waals surface area contributed by atoms with Crippen molar-refractivity contribution in [3.8, 4) is 0 Å². The van der Waals surface area contributed by atoms with Crippen LogP contribution in [0.1, 0.15) is 19.8 Å². The van der Waals surface area contributed by atoms with E-state index in [2.05, 4.69) is 6.58 Å². The first-order valence-corrected chi connectivity index (χ1v) is 7.87.